The van der Waals surface area contributed by atoms with E-state index in [4.69, 9.17) is 4.74 Å². The molecule has 0 atom stereocenters. The highest BCUT2D eigenvalue weighted by molar-refractivity contribution is 9.10. The first-order valence-corrected chi connectivity index (χ1v) is 10.5. The van der Waals surface area contributed by atoms with Gasteiger partial charge in [0.2, 0.25) is 0 Å². The van der Waals surface area contributed by atoms with E-state index in [1.807, 2.05) is 6.92 Å². The standard InChI is InChI=1S/C22H27BrN2O3/c1-3-5-6-7-14-28-20-13-10-17(15-19(20)23)22(27)25-18-11-8-16(9-12-18)21(26)24-4-2/h8-13,15H,3-7,14H2,1-2H3,(H,24,26)(H,25,27). The fourth-order valence-electron chi connectivity index (χ4n) is 2.64. The van der Waals surface area contributed by atoms with Gasteiger partial charge in [-0.05, 0) is 71.7 Å². The molecule has 0 saturated carbocycles. The quantitative estimate of drug-likeness (QED) is 0.479. The van der Waals surface area contributed by atoms with E-state index in [1.165, 1.54) is 12.8 Å². The first-order valence-electron chi connectivity index (χ1n) is 9.67. The lowest BCUT2D eigenvalue weighted by molar-refractivity contribution is 0.0955. The minimum absolute atomic E-state index is 0.130. The maximum Gasteiger partial charge on any atom is 0.255 e. The van der Waals surface area contributed by atoms with Gasteiger partial charge in [0.15, 0.2) is 0 Å². The zero-order valence-corrected chi connectivity index (χ0v) is 18.0. The molecule has 0 aromatic heterocycles. The highest BCUT2D eigenvalue weighted by Gasteiger charge is 2.11. The number of halogens is 1. The van der Waals surface area contributed by atoms with Gasteiger partial charge in [0.25, 0.3) is 11.8 Å². The van der Waals surface area contributed by atoms with E-state index in [0.29, 0.717) is 30.0 Å². The number of benzene rings is 2. The monoisotopic (exact) mass is 446 g/mol. The normalized spacial score (nSPS) is 10.4. The molecule has 0 heterocycles. The molecule has 0 radical (unpaired) electrons. The summed E-state index contributed by atoms with van der Waals surface area (Å²) in [5.74, 6) is 0.384. The average molecular weight is 447 g/mol. The van der Waals surface area contributed by atoms with Crippen molar-refractivity contribution in [3.63, 3.8) is 0 Å². The van der Waals surface area contributed by atoms with Crippen LogP contribution in [-0.2, 0) is 0 Å². The molecule has 0 unspecified atom stereocenters. The molecule has 2 amide bonds. The van der Waals surface area contributed by atoms with Gasteiger partial charge in [-0.3, -0.25) is 9.59 Å². The summed E-state index contributed by atoms with van der Waals surface area (Å²) in [6.07, 6.45) is 4.60. The predicted octanol–water partition coefficient (Wildman–Crippen LogP) is 5.41. The Morgan fingerprint density at radius 3 is 2.29 bits per heavy atom. The molecule has 0 bridgehead atoms. The van der Waals surface area contributed by atoms with Crippen LogP contribution in [0.1, 0.15) is 60.2 Å². The fraction of sp³-hybridized carbons (Fsp3) is 0.364. The lowest BCUT2D eigenvalue weighted by Gasteiger charge is -2.10. The maximum absolute atomic E-state index is 12.5. The van der Waals surface area contributed by atoms with Gasteiger partial charge in [-0.1, -0.05) is 26.2 Å². The summed E-state index contributed by atoms with van der Waals surface area (Å²) in [5.41, 5.74) is 1.71. The first-order chi connectivity index (χ1) is 13.5. The van der Waals surface area contributed by atoms with Gasteiger partial charge in [-0.2, -0.15) is 0 Å². The third-order valence-electron chi connectivity index (χ3n) is 4.19. The Bertz CT molecular complexity index is 791. The molecule has 2 N–H and O–H groups in total. The van der Waals surface area contributed by atoms with Gasteiger partial charge in [0.05, 0.1) is 11.1 Å². The van der Waals surface area contributed by atoms with Gasteiger partial charge in [-0.15, -0.1) is 0 Å². The van der Waals surface area contributed by atoms with E-state index in [1.54, 1.807) is 42.5 Å². The zero-order chi connectivity index (χ0) is 20.4. The van der Waals surface area contributed by atoms with Gasteiger partial charge in [-0.25, -0.2) is 0 Å². The van der Waals surface area contributed by atoms with Crippen LogP contribution in [0.3, 0.4) is 0 Å². The maximum atomic E-state index is 12.5. The molecule has 5 nitrogen and oxygen atoms in total. The summed E-state index contributed by atoms with van der Waals surface area (Å²) in [6, 6.07) is 12.1. The molecular weight excluding hydrogens is 420 g/mol. The van der Waals surface area contributed by atoms with E-state index < -0.39 is 0 Å². The molecule has 0 aliphatic rings. The van der Waals surface area contributed by atoms with Crippen molar-refractivity contribution in [1.82, 2.24) is 5.32 Å². The Labute approximate surface area is 175 Å². The number of nitrogens with one attached hydrogen (secondary N) is 2. The van der Waals surface area contributed by atoms with Crippen molar-refractivity contribution in [1.29, 1.82) is 0 Å². The number of rotatable bonds is 10. The summed E-state index contributed by atoms with van der Waals surface area (Å²) in [7, 11) is 0. The van der Waals surface area contributed by atoms with Crippen LogP contribution in [0.5, 0.6) is 5.75 Å². The minimum atomic E-state index is -0.221. The molecule has 0 fully saturated rings. The molecule has 150 valence electrons. The summed E-state index contributed by atoms with van der Waals surface area (Å²) in [4.78, 5) is 24.3. The SMILES string of the molecule is CCCCCCOc1ccc(C(=O)Nc2ccc(C(=O)NCC)cc2)cc1Br. The Morgan fingerprint density at radius 1 is 0.929 bits per heavy atom. The van der Waals surface area contributed by atoms with Crippen molar-refractivity contribution in [2.45, 2.75) is 39.5 Å². The molecule has 2 aromatic carbocycles. The minimum Gasteiger partial charge on any atom is -0.492 e. The van der Waals surface area contributed by atoms with E-state index in [-0.39, 0.29) is 11.8 Å². The number of ether oxygens (including phenoxy) is 1. The lowest BCUT2D eigenvalue weighted by Crippen LogP contribution is -2.22. The summed E-state index contributed by atoms with van der Waals surface area (Å²) < 4.78 is 6.53. The van der Waals surface area contributed by atoms with Crippen molar-refractivity contribution >= 4 is 33.4 Å². The van der Waals surface area contributed by atoms with Crippen molar-refractivity contribution in [3.8, 4) is 5.75 Å². The first kappa shape index (κ1) is 22.0. The van der Waals surface area contributed by atoms with Crippen molar-refractivity contribution in [2.75, 3.05) is 18.5 Å². The Kier molecular flexibility index (Phi) is 9.01. The van der Waals surface area contributed by atoms with Crippen molar-refractivity contribution in [3.05, 3.63) is 58.1 Å². The summed E-state index contributed by atoms with van der Waals surface area (Å²) in [6.45, 7) is 5.29. The van der Waals surface area contributed by atoms with Crippen LogP contribution >= 0.6 is 15.9 Å². The van der Waals surface area contributed by atoms with Crippen LogP contribution in [0.2, 0.25) is 0 Å². The van der Waals surface area contributed by atoms with Crippen molar-refractivity contribution in [2.24, 2.45) is 0 Å². The molecule has 0 spiro atoms. The second-order valence-electron chi connectivity index (χ2n) is 6.45. The fourth-order valence-corrected chi connectivity index (χ4v) is 3.13. The number of amides is 2. The Balaban J connectivity index is 1.93. The number of carbonyl (C=O) groups excluding carboxylic acids is 2. The zero-order valence-electron chi connectivity index (χ0n) is 16.4. The van der Waals surface area contributed by atoms with E-state index in [0.717, 1.165) is 23.1 Å². The smallest absolute Gasteiger partial charge is 0.255 e. The van der Waals surface area contributed by atoms with Crippen LogP contribution in [0.4, 0.5) is 5.69 Å². The molecule has 2 rings (SSSR count). The third kappa shape index (κ3) is 6.68. The van der Waals surface area contributed by atoms with Crippen LogP contribution in [0, 0.1) is 0 Å². The lowest BCUT2D eigenvalue weighted by atomic mass is 10.1. The van der Waals surface area contributed by atoms with Gasteiger partial charge >= 0.3 is 0 Å². The second-order valence-corrected chi connectivity index (χ2v) is 7.30. The average Bonchev–Trinajstić information content (AvgIpc) is 2.69. The van der Waals surface area contributed by atoms with E-state index in [2.05, 4.69) is 33.5 Å². The van der Waals surface area contributed by atoms with E-state index >= 15 is 0 Å². The molecule has 2 aromatic rings. The van der Waals surface area contributed by atoms with Crippen LogP contribution < -0.4 is 15.4 Å². The van der Waals surface area contributed by atoms with Crippen LogP contribution in [0.25, 0.3) is 0 Å². The largest absolute Gasteiger partial charge is 0.492 e. The van der Waals surface area contributed by atoms with Gasteiger partial charge in [0.1, 0.15) is 5.75 Å². The van der Waals surface area contributed by atoms with Gasteiger partial charge < -0.3 is 15.4 Å². The third-order valence-corrected chi connectivity index (χ3v) is 4.81. The highest BCUT2D eigenvalue weighted by Crippen LogP contribution is 2.27. The molecule has 0 saturated heterocycles. The second kappa shape index (κ2) is 11.5. The number of anilines is 1. The van der Waals surface area contributed by atoms with E-state index in [9.17, 15) is 9.59 Å². The number of hydrogen-bond acceptors (Lipinski definition) is 3. The topological polar surface area (TPSA) is 67.4 Å². The molecular formula is C22H27BrN2O3. The molecule has 28 heavy (non-hydrogen) atoms. The highest BCUT2D eigenvalue weighted by atomic mass is 79.9. The Morgan fingerprint density at radius 2 is 1.64 bits per heavy atom. The van der Waals surface area contributed by atoms with Crippen molar-refractivity contribution < 1.29 is 14.3 Å². The predicted molar refractivity (Wildman–Crippen MR) is 116 cm³/mol. The number of hydrogen-bond donors (Lipinski definition) is 2. The summed E-state index contributed by atoms with van der Waals surface area (Å²) >= 11 is 3.47. The van der Waals surface area contributed by atoms with Crippen LogP contribution in [-0.4, -0.2) is 25.0 Å². The van der Waals surface area contributed by atoms with Crippen LogP contribution in [0.15, 0.2) is 46.9 Å². The molecule has 0 aliphatic heterocycles. The molecule has 0 aliphatic carbocycles. The number of unbranched alkanes of at least 4 members (excludes halogenated alkanes) is 3. The number of carbonyl (C=O) groups is 2. The molecule has 6 heteroatoms. The Hall–Kier alpha value is -2.34. The summed E-state index contributed by atoms with van der Waals surface area (Å²) in [5, 5.41) is 5.58. The van der Waals surface area contributed by atoms with Gasteiger partial charge in [0, 0.05) is 23.4 Å².